The minimum Gasteiger partial charge on any atom is -0.467 e. The summed E-state index contributed by atoms with van der Waals surface area (Å²) in [5, 5.41) is 5.47. The zero-order valence-corrected chi connectivity index (χ0v) is 10.7. The van der Waals surface area contributed by atoms with E-state index in [0.717, 1.165) is 5.56 Å². The fraction of sp³-hybridized carbons (Fsp3) is 0.214. The molecule has 0 bridgehead atoms. The van der Waals surface area contributed by atoms with Gasteiger partial charge >= 0.3 is 6.03 Å². The Labute approximate surface area is 115 Å². The zero-order chi connectivity index (χ0) is 13.8. The van der Waals surface area contributed by atoms with Crippen molar-refractivity contribution in [3.05, 3.63) is 47.9 Å². The highest BCUT2D eigenvalue weighted by molar-refractivity contribution is 5.73. The van der Waals surface area contributed by atoms with E-state index in [4.69, 9.17) is 13.9 Å². The van der Waals surface area contributed by atoms with Gasteiger partial charge in [0.05, 0.1) is 12.8 Å². The van der Waals surface area contributed by atoms with Gasteiger partial charge in [-0.05, 0) is 18.2 Å². The van der Waals surface area contributed by atoms with Crippen LogP contribution in [0.15, 0.2) is 41.0 Å². The van der Waals surface area contributed by atoms with Gasteiger partial charge in [-0.25, -0.2) is 4.79 Å². The molecule has 1 aliphatic rings. The topological polar surface area (TPSA) is 72.7 Å². The van der Waals surface area contributed by atoms with E-state index < -0.39 is 0 Å². The number of rotatable bonds is 4. The molecule has 0 aliphatic carbocycles. The summed E-state index contributed by atoms with van der Waals surface area (Å²) in [4.78, 5) is 11.7. The maximum Gasteiger partial charge on any atom is 0.315 e. The van der Waals surface area contributed by atoms with E-state index in [1.807, 2.05) is 18.2 Å². The number of carbonyl (C=O) groups excluding carboxylic acids is 1. The predicted octanol–water partition coefficient (Wildman–Crippen LogP) is 2.01. The van der Waals surface area contributed by atoms with Crippen molar-refractivity contribution in [1.82, 2.24) is 10.6 Å². The van der Waals surface area contributed by atoms with Gasteiger partial charge in [0, 0.05) is 12.1 Å². The molecule has 0 radical (unpaired) electrons. The molecule has 0 saturated carbocycles. The molecule has 1 aliphatic heterocycles. The molecule has 0 fully saturated rings. The number of ether oxygens (including phenoxy) is 2. The Morgan fingerprint density at radius 1 is 1.10 bits per heavy atom. The third-order valence-electron chi connectivity index (χ3n) is 2.92. The summed E-state index contributed by atoms with van der Waals surface area (Å²) in [7, 11) is 0. The molecule has 0 spiro atoms. The van der Waals surface area contributed by atoms with Crippen molar-refractivity contribution in [2.24, 2.45) is 0 Å². The number of carbonyl (C=O) groups is 1. The Morgan fingerprint density at radius 2 is 2.00 bits per heavy atom. The second-order valence-corrected chi connectivity index (χ2v) is 4.27. The number of amides is 2. The Bertz CT molecular complexity index is 595. The maximum absolute atomic E-state index is 11.7. The number of nitrogens with one attached hydrogen (secondary N) is 2. The maximum atomic E-state index is 11.7. The predicted molar refractivity (Wildman–Crippen MR) is 70.3 cm³/mol. The van der Waals surface area contributed by atoms with Crippen LogP contribution in [-0.4, -0.2) is 12.8 Å². The Morgan fingerprint density at radius 3 is 2.85 bits per heavy atom. The molecule has 2 N–H and O–H groups in total. The summed E-state index contributed by atoms with van der Waals surface area (Å²) < 4.78 is 15.8. The van der Waals surface area contributed by atoms with Gasteiger partial charge in [-0.3, -0.25) is 0 Å². The van der Waals surface area contributed by atoms with E-state index in [-0.39, 0.29) is 12.8 Å². The SMILES string of the molecule is O=C(NCc1ccco1)NCc1cccc2c1OCO2. The Hall–Kier alpha value is -2.63. The lowest BCUT2D eigenvalue weighted by atomic mass is 10.2. The van der Waals surface area contributed by atoms with Crippen molar-refractivity contribution >= 4 is 6.03 Å². The van der Waals surface area contributed by atoms with E-state index in [1.54, 1.807) is 18.4 Å². The van der Waals surface area contributed by atoms with Crippen LogP contribution in [-0.2, 0) is 13.1 Å². The summed E-state index contributed by atoms with van der Waals surface area (Å²) in [5.41, 5.74) is 0.883. The largest absolute Gasteiger partial charge is 0.467 e. The van der Waals surface area contributed by atoms with Crippen LogP contribution in [0.4, 0.5) is 4.79 Å². The number of para-hydroxylation sites is 1. The zero-order valence-electron chi connectivity index (χ0n) is 10.7. The van der Waals surface area contributed by atoms with Crippen LogP contribution in [0.25, 0.3) is 0 Å². The molecule has 104 valence electrons. The van der Waals surface area contributed by atoms with Crippen LogP contribution < -0.4 is 20.1 Å². The van der Waals surface area contributed by atoms with Crippen LogP contribution in [0.2, 0.25) is 0 Å². The van der Waals surface area contributed by atoms with Gasteiger partial charge in [0.2, 0.25) is 6.79 Å². The van der Waals surface area contributed by atoms with Gasteiger partial charge in [0.1, 0.15) is 5.76 Å². The third-order valence-corrected chi connectivity index (χ3v) is 2.92. The van der Waals surface area contributed by atoms with E-state index in [2.05, 4.69) is 10.6 Å². The molecule has 6 nitrogen and oxygen atoms in total. The highest BCUT2D eigenvalue weighted by Crippen LogP contribution is 2.35. The van der Waals surface area contributed by atoms with Crippen molar-refractivity contribution in [3.8, 4) is 11.5 Å². The molecule has 2 heterocycles. The summed E-state index contributed by atoms with van der Waals surface area (Å²) in [6, 6.07) is 8.90. The lowest BCUT2D eigenvalue weighted by Crippen LogP contribution is -2.34. The molecular weight excluding hydrogens is 260 g/mol. The lowest BCUT2D eigenvalue weighted by Gasteiger charge is -2.08. The fourth-order valence-electron chi connectivity index (χ4n) is 1.95. The lowest BCUT2D eigenvalue weighted by molar-refractivity contribution is 0.173. The molecule has 0 unspecified atom stereocenters. The van der Waals surface area contributed by atoms with Crippen molar-refractivity contribution in [1.29, 1.82) is 0 Å². The van der Waals surface area contributed by atoms with E-state index >= 15 is 0 Å². The van der Waals surface area contributed by atoms with Gasteiger partial charge in [-0.1, -0.05) is 12.1 Å². The van der Waals surface area contributed by atoms with Crippen molar-refractivity contribution in [2.75, 3.05) is 6.79 Å². The number of hydrogen-bond donors (Lipinski definition) is 2. The molecule has 1 aromatic heterocycles. The first-order chi connectivity index (χ1) is 9.83. The van der Waals surface area contributed by atoms with Gasteiger partial charge < -0.3 is 24.5 Å². The van der Waals surface area contributed by atoms with Crippen LogP contribution in [0.3, 0.4) is 0 Å². The van der Waals surface area contributed by atoms with Gasteiger partial charge in [0.15, 0.2) is 11.5 Å². The molecular formula is C14H14N2O4. The average molecular weight is 274 g/mol. The monoisotopic (exact) mass is 274 g/mol. The summed E-state index contributed by atoms with van der Waals surface area (Å²) in [5.74, 6) is 2.11. The molecule has 2 amide bonds. The first kappa shape index (κ1) is 12.4. The number of hydrogen-bond acceptors (Lipinski definition) is 4. The number of urea groups is 1. The molecule has 20 heavy (non-hydrogen) atoms. The van der Waals surface area contributed by atoms with Crippen LogP contribution in [0, 0.1) is 0 Å². The van der Waals surface area contributed by atoms with E-state index in [0.29, 0.717) is 30.3 Å². The number of benzene rings is 1. The third kappa shape index (κ3) is 2.69. The normalized spacial score (nSPS) is 12.2. The van der Waals surface area contributed by atoms with Gasteiger partial charge in [-0.2, -0.15) is 0 Å². The van der Waals surface area contributed by atoms with Gasteiger partial charge in [-0.15, -0.1) is 0 Å². The second-order valence-electron chi connectivity index (χ2n) is 4.27. The minimum absolute atomic E-state index is 0.219. The number of fused-ring (bicyclic) bond motifs is 1. The molecule has 6 heteroatoms. The van der Waals surface area contributed by atoms with Crippen molar-refractivity contribution < 1.29 is 18.7 Å². The highest BCUT2D eigenvalue weighted by atomic mass is 16.7. The molecule has 0 saturated heterocycles. The smallest absolute Gasteiger partial charge is 0.315 e. The molecule has 0 atom stereocenters. The molecule has 3 rings (SSSR count). The van der Waals surface area contributed by atoms with Crippen molar-refractivity contribution in [3.63, 3.8) is 0 Å². The van der Waals surface area contributed by atoms with E-state index in [9.17, 15) is 4.79 Å². The summed E-state index contributed by atoms with van der Waals surface area (Å²) in [6.45, 7) is 0.943. The minimum atomic E-state index is -0.266. The van der Waals surface area contributed by atoms with Crippen molar-refractivity contribution in [2.45, 2.75) is 13.1 Å². The summed E-state index contributed by atoms with van der Waals surface area (Å²) in [6.07, 6.45) is 1.57. The van der Waals surface area contributed by atoms with Crippen LogP contribution in [0.5, 0.6) is 11.5 Å². The Kier molecular flexibility index (Phi) is 3.45. The van der Waals surface area contributed by atoms with Crippen LogP contribution >= 0.6 is 0 Å². The second kappa shape index (κ2) is 5.56. The van der Waals surface area contributed by atoms with Gasteiger partial charge in [0.25, 0.3) is 0 Å². The van der Waals surface area contributed by atoms with E-state index in [1.165, 1.54) is 0 Å². The quantitative estimate of drug-likeness (QED) is 0.894. The number of furan rings is 1. The fourth-order valence-corrected chi connectivity index (χ4v) is 1.95. The molecule has 2 aromatic rings. The summed E-state index contributed by atoms with van der Waals surface area (Å²) >= 11 is 0. The first-order valence-electron chi connectivity index (χ1n) is 6.24. The van der Waals surface area contributed by atoms with Crippen LogP contribution in [0.1, 0.15) is 11.3 Å². The highest BCUT2D eigenvalue weighted by Gasteiger charge is 2.17. The average Bonchev–Trinajstić information content (AvgIpc) is 3.13. The molecule has 1 aromatic carbocycles. The standard InChI is InChI=1S/C14H14N2O4/c17-14(16-8-11-4-2-6-18-11)15-7-10-3-1-5-12-13(10)20-9-19-12/h1-6H,7-9H2,(H2,15,16,17). The first-order valence-corrected chi connectivity index (χ1v) is 6.24. The Balaban J connectivity index is 1.52.